The van der Waals surface area contributed by atoms with Crippen LogP contribution < -0.4 is 0 Å². The van der Waals surface area contributed by atoms with Crippen molar-refractivity contribution in [1.29, 1.82) is 0 Å². The van der Waals surface area contributed by atoms with Crippen molar-refractivity contribution in [3.8, 4) is 0 Å². The van der Waals surface area contributed by atoms with E-state index in [2.05, 4.69) is 0 Å². The van der Waals surface area contributed by atoms with Gasteiger partial charge in [0.25, 0.3) is 0 Å². The number of hydrogen-bond donors (Lipinski definition) is 0. The molecule has 1 aliphatic heterocycles. The molecule has 1 saturated heterocycles. The molecule has 0 aromatic heterocycles. The van der Waals surface area contributed by atoms with E-state index < -0.39 is 75.4 Å². The van der Waals surface area contributed by atoms with Crippen LogP contribution in [0, 0.1) is 0 Å². The van der Waals surface area contributed by atoms with Gasteiger partial charge in [0.2, 0.25) is 0 Å². The Labute approximate surface area is 75.7 Å². The summed E-state index contributed by atoms with van der Waals surface area (Å²) >= 11 is -2.52. The zero-order valence-corrected chi connectivity index (χ0v) is 14.4. The van der Waals surface area contributed by atoms with Crippen molar-refractivity contribution in [1.82, 2.24) is 0 Å². The predicted octanol–water partition coefficient (Wildman–Crippen LogP) is -1.35. The van der Waals surface area contributed by atoms with Crippen LogP contribution in [0.5, 0.6) is 0 Å². The topological polar surface area (TPSA) is 27.7 Å². The average Bonchev–Trinajstić information content (AvgIpc) is 1.72. The Bertz CT molecular complexity index is 21.5. The van der Waals surface area contributed by atoms with Crippen LogP contribution in [0.2, 0.25) is 0 Å². The molecule has 30 valence electrons. The first-order valence-electron chi connectivity index (χ1n) is 1.22. The maximum atomic E-state index is 5.06. The van der Waals surface area contributed by atoms with E-state index in [4.69, 9.17) is 1.91 Å². The van der Waals surface area contributed by atoms with Crippen molar-refractivity contribution in [2.75, 3.05) is 0 Å². The molecular weight excluding hydrogens is 670 g/mol. The molecule has 6 radical (unpaired) electrons. The second kappa shape index (κ2) is 4.52. The van der Waals surface area contributed by atoms with Crippen LogP contribution in [-0.4, -0.2) is 75.4 Å². The van der Waals surface area contributed by atoms with E-state index in [-0.39, 0.29) is 0 Å². The first-order chi connectivity index (χ1) is 3.00. The van der Waals surface area contributed by atoms with Gasteiger partial charge in [-0.05, 0) is 0 Å². The molecule has 0 aromatic carbocycles. The Kier molecular flexibility index (Phi) is 5.09. The van der Waals surface area contributed by atoms with Crippen molar-refractivity contribution in [2.24, 2.45) is 0 Å². The molecule has 0 spiro atoms. The van der Waals surface area contributed by atoms with E-state index in [0.717, 1.165) is 0 Å². The molecule has 0 bridgehead atoms. The maximum absolute atomic E-state index is 5.06. The molecule has 0 unspecified atom stereocenters. The van der Waals surface area contributed by atoms with Crippen LogP contribution in [0.3, 0.4) is 0 Å². The molecule has 0 atom stereocenters. The van der Waals surface area contributed by atoms with Gasteiger partial charge in [0.1, 0.15) is 0 Å². The summed E-state index contributed by atoms with van der Waals surface area (Å²) in [5.41, 5.74) is 0. The molecule has 1 heterocycles. The normalized spacial score (nSPS) is 24.0. The zero-order valence-electron chi connectivity index (χ0n) is 2.72. The Morgan fingerprint density at radius 1 is 0.667 bits per heavy atom. The molecule has 0 aliphatic carbocycles. The van der Waals surface area contributed by atoms with Gasteiger partial charge in [0, 0.05) is 0 Å². The quantitative estimate of drug-likeness (QED) is 0.299. The van der Waals surface area contributed by atoms with Crippen LogP contribution in [-0.2, 0) is 1.91 Å². The van der Waals surface area contributed by atoms with Crippen molar-refractivity contribution in [3.63, 3.8) is 0 Å². The summed E-state index contributed by atoms with van der Waals surface area (Å²) in [5, 5.41) is 0. The van der Waals surface area contributed by atoms with Gasteiger partial charge in [-0.2, -0.15) is 0 Å². The van der Waals surface area contributed by atoms with Crippen LogP contribution in [0.15, 0.2) is 0 Å². The van der Waals surface area contributed by atoms with Crippen LogP contribution in [0.1, 0.15) is 0 Å². The summed E-state index contributed by atoms with van der Waals surface area (Å²) < 4.78 is 15.2. The van der Waals surface area contributed by atoms with E-state index in [9.17, 15) is 0 Å². The van der Waals surface area contributed by atoms with E-state index in [1.54, 1.807) is 0 Å². The monoisotopic (exact) mass is 672 g/mol. The molecule has 1 aliphatic rings. The van der Waals surface area contributed by atoms with Gasteiger partial charge in [-0.15, -0.1) is 0 Å². The van der Waals surface area contributed by atoms with E-state index in [1.807, 2.05) is 0 Å². The third kappa shape index (κ3) is 2.83. The van der Waals surface area contributed by atoms with Crippen molar-refractivity contribution >= 4 is 75.4 Å². The summed E-state index contributed by atoms with van der Waals surface area (Å²) in [6, 6.07) is 0. The standard InChI is InChI=1S/3O.3Pb. The Balaban J connectivity index is 2.00. The number of rotatable bonds is 0. The number of hydrogen-bond acceptors (Lipinski definition) is 3. The molecule has 0 amide bonds. The fraction of sp³-hybridized carbons (Fsp3) is 0. The predicted molar refractivity (Wildman–Crippen MR) is 20.5 cm³/mol. The van der Waals surface area contributed by atoms with Crippen molar-refractivity contribution < 1.29 is 1.91 Å². The molecular formula is O3Pb3. The Morgan fingerprint density at radius 2 is 1.00 bits per heavy atom. The van der Waals surface area contributed by atoms with Crippen LogP contribution >= 0.6 is 0 Å². The van der Waals surface area contributed by atoms with E-state index >= 15 is 0 Å². The molecule has 1 fully saturated rings. The molecule has 0 saturated carbocycles. The molecule has 6 heavy (non-hydrogen) atoms. The Hall–Kier alpha value is 2.65. The van der Waals surface area contributed by atoms with Gasteiger partial charge >= 0.3 is 77.3 Å². The third-order valence-corrected chi connectivity index (χ3v) is 19.3. The second-order valence-corrected chi connectivity index (χ2v) is 25.8. The van der Waals surface area contributed by atoms with Gasteiger partial charge < -0.3 is 0 Å². The van der Waals surface area contributed by atoms with Gasteiger partial charge in [0.05, 0.1) is 0 Å². The average molecular weight is 670 g/mol. The van der Waals surface area contributed by atoms with Crippen molar-refractivity contribution in [3.05, 3.63) is 0 Å². The SMILES string of the molecule is [O]1[Pb][O][Pb][O][Pb]1. The molecule has 3 nitrogen and oxygen atoms in total. The molecule has 0 N–H and O–H groups in total. The summed E-state index contributed by atoms with van der Waals surface area (Å²) in [6.07, 6.45) is 0. The van der Waals surface area contributed by atoms with E-state index in [0.29, 0.717) is 0 Å². The van der Waals surface area contributed by atoms with Crippen LogP contribution in [0.4, 0.5) is 0 Å². The summed E-state index contributed by atoms with van der Waals surface area (Å²) in [6.45, 7) is 0. The van der Waals surface area contributed by atoms with Gasteiger partial charge in [-0.1, -0.05) is 0 Å². The first kappa shape index (κ1) is 6.76. The van der Waals surface area contributed by atoms with Gasteiger partial charge in [-0.3, -0.25) is 0 Å². The van der Waals surface area contributed by atoms with Gasteiger partial charge in [-0.25, -0.2) is 0 Å². The van der Waals surface area contributed by atoms with Gasteiger partial charge in [0.15, 0.2) is 0 Å². The minimum atomic E-state index is -0.840. The summed E-state index contributed by atoms with van der Waals surface area (Å²) in [7, 11) is 0. The zero-order chi connectivity index (χ0) is 4.24. The fourth-order valence-corrected chi connectivity index (χ4v) is 46.2. The van der Waals surface area contributed by atoms with E-state index in [1.165, 1.54) is 0 Å². The molecule has 0 aromatic rings. The van der Waals surface area contributed by atoms with Crippen LogP contribution in [0.25, 0.3) is 0 Å². The fourth-order valence-electron chi connectivity index (χ4n) is 0.114. The first-order valence-corrected chi connectivity index (χ1v) is 10.7. The molecule has 1 rings (SSSR count). The summed E-state index contributed by atoms with van der Waals surface area (Å²) in [4.78, 5) is 0. The third-order valence-electron chi connectivity index (χ3n) is 0.250. The molecule has 6 heteroatoms. The Morgan fingerprint density at radius 3 is 1.17 bits per heavy atom. The van der Waals surface area contributed by atoms with Crippen molar-refractivity contribution in [2.45, 2.75) is 0 Å². The minimum absolute atomic E-state index is 0.840. The summed E-state index contributed by atoms with van der Waals surface area (Å²) in [5.74, 6) is 0. The second-order valence-electron chi connectivity index (χ2n) is 0.556.